The van der Waals surface area contributed by atoms with Gasteiger partial charge in [-0.25, -0.2) is 4.98 Å². The third kappa shape index (κ3) is 4.31. The second kappa shape index (κ2) is 8.04. The van der Waals surface area contributed by atoms with E-state index in [9.17, 15) is 0 Å². The van der Waals surface area contributed by atoms with Crippen LogP contribution in [0.2, 0.25) is 10.0 Å². The Kier molecular flexibility index (Phi) is 5.80. The number of rotatable bonds is 7. The molecule has 0 spiro atoms. The first-order valence-electron chi connectivity index (χ1n) is 8.48. The zero-order valence-electron chi connectivity index (χ0n) is 13.9. The van der Waals surface area contributed by atoms with E-state index in [1.807, 2.05) is 18.2 Å². The van der Waals surface area contributed by atoms with Gasteiger partial charge in [0.2, 0.25) is 0 Å². The smallest absolute Gasteiger partial charge is 0.139 e. The van der Waals surface area contributed by atoms with E-state index in [0.29, 0.717) is 5.02 Å². The third-order valence-corrected chi connectivity index (χ3v) is 4.91. The van der Waals surface area contributed by atoms with E-state index in [1.165, 1.54) is 36.9 Å². The predicted octanol–water partition coefficient (Wildman–Crippen LogP) is 6.23. The second-order valence-corrected chi connectivity index (χ2v) is 7.18. The van der Waals surface area contributed by atoms with Gasteiger partial charge in [0.15, 0.2) is 0 Å². The highest BCUT2D eigenvalue weighted by Gasteiger charge is 2.07. The third-order valence-electron chi connectivity index (χ3n) is 4.47. The van der Waals surface area contributed by atoms with Crippen molar-refractivity contribution in [3.05, 3.63) is 63.9 Å². The molecule has 3 aromatic rings. The van der Waals surface area contributed by atoms with Gasteiger partial charge in [0.05, 0.1) is 5.02 Å². The van der Waals surface area contributed by atoms with Crippen LogP contribution in [0.3, 0.4) is 0 Å². The number of aryl methyl sites for hydroxylation is 3. The normalized spacial score (nSPS) is 11.3. The van der Waals surface area contributed by atoms with Crippen molar-refractivity contribution < 1.29 is 0 Å². The molecule has 2 heterocycles. The van der Waals surface area contributed by atoms with Gasteiger partial charge in [-0.1, -0.05) is 48.2 Å². The quantitative estimate of drug-likeness (QED) is 0.457. The van der Waals surface area contributed by atoms with Crippen molar-refractivity contribution in [2.75, 3.05) is 0 Å². The Morgan fingerprint density at radius 2 is 1.71 bits per heavy atom. The molecule has 24 heavy (non-hydrogen) atoms. The number of unbranched alkanes of at least 4 members (excludes halogenated alkanes) is 3. The van der Waals surface area contributed by atoms with Crippen molar-refractivity contribution in [1.29, 1.82) is 0 Å². The lowest BCUT2D eigenvalue weighted by Gasteiger charge is -2.05. The average molecular weight is 361 g/mol. The number of hydrogen-bond donors (Lipinski definition) is 0. The van der Waals surface area contributed by atoms with Crippen molar-refractivity contribution in [3.8, 4) is 0 Å². The maximum Gasteiger partial charge on any atom is 0.139 e. The van der Waals surface area contributed by atoms with E-state index >= 15 is 0 Å². The molecule has 2 nitrogen and oxygen atoms in total. The molecule has 0 fully saturated rings. The molecule has 2 aromatic heterocycles. The van der Waals surface area contributed by atoms with Crippen LogP contribution in [0.25, 0.3) is 11.0 Å². The molecular weight excluding hydrogens is 339 g/mol. The molecule has 0 bridgehead atoms. The van der Waals surface area contributed by atoms with Crippen molar-refractivity contribution >= 4 is 34.2 Å². The van der Waals surface area contributed by atoms with Crippen molar-refractivity contribution in [1.82, 2.24) is 9.55 Å². The van der Waals surface area contributed by atoms with Crippen molar-refractivity contribution in [2.45, 2.75) is 38.5 Å². The van der Waals surface area contributed by atoms with Gasteiger partial charge in [0.1, 0.15) is 5.65 Å². The Morgan fingerprint density at radius 3 is 2.50 bits per heavy atom. The molecule has 0 amide bonds. The molecule has 0 saturated carbocycles. The summed E-state index contributed by atoms with van der Waals surface area (Å²) in [6, 6.07) is 12.4. The minimum absolute atomic E-state index is 0.695. The average Bonchev–Trinajstić information content (AvgIpc) is 2.86. The fraction of sp³-hybridized carbons (Fsp3) is 0.350. The lowest BCUT2D eigenvalue weighted by Crippen LogP contribution is -1.97. The summed E-state index contributed by atoms with van der Waals surface area (Å²) in [4.78, 5) is 4.42. The van der Waals surface area contributed by atoms with Crippen LogP contribution in [-0.4, -0.2) is 9.55 Å². The molecule has 0 aliphatic rings. The number of hydrogen-bond acceptors (Lipinski definition) is 1. The monoisotopic (exact) mass is 360 g/mol. The summed E-state index contributed by atoms with van der Waals surface area (Å²) in [7, 11) is 2.08. The standard InChI is InChI=1S/C20H22Cl2N2/c1-24-19(13-16-12-18(22)14-23-20(16)24)10-5-3-2-4-7-15-8-6-9-17(21)11-15/h6,8-9,11-14H,2-5,7,10H2,1H3. The van der Waals surface area contributed by atoms with E-state index in [1.54, 1.807) is 6.20 Å². The summed E-state index contributed by atoms with van der Waals surface area (Å²) in [5, 5.41) is 2.65. The number of halogens is 2. The molecule has 0 atom stereocenters. The molecule has 126 valence electrons. The number of fused-ring (bicyclic) bond motifs is 1. The first-order valence-corrected chi connectivity index (χ1v) is 9.23. The minimum atomic E-state index is 0.695. The maximum atomic E-state index is 6.02. The summed E-state index contributed by atoms with van der Waals surface area (Å²) >= 11 is 12.0. The molecule has 0 unspecified atom stereocenters. The van der Waals surface area contributed by atoms with Gasteiger partial charge in [-0.05, 0) is 55.5 Å². The van der Waals surface area contributed by atoms with Crippen molar-refractivity contribution in [2.24, 2.45) is 7.05 Å². The zero-order valence-corrected chi connectivity index (χ0v) is 15.4. The van der Waals surface area contributed by atoms with E-state index in [-0.39, 0.29) is 0 Å². The number of aromatic nitrogens is 2. The van der Waals surface area contributed by atoms with Crippen LogP contribution in [0.4, 0.5) is 0 Å². The summed E-state index contributed by atoms with van der Waals surface area (Å²) < 4.78 is 2.18. The van der Waals surface area contributed by atoms with Crippen LogP contribution < -0.4 is 0 Å². The van der Waals surface area contributed by atoms with E-state index in [2.05, 4.69) is 34.8 Å². The fourth-order valence-electron chi connectivity index (χ4n) is 3.17. The Morgan fingerprint density at radius 1 is 0.917 bits per heavy atom. The Balaban J connectivity index is 1.44. The van der Waals surface area contributed by atoms with Gasteiger partial charge >= 0.3 is 0 Å². The van der Waals surface area contributed by atoms with Gasteiger partial charge < -0.3 is 4.57 Å². The topological polar surface area (TPSA) is 17.8 Å². The van der Waals surface area contributed by atoms with Gasteiger partial charge in [0.25, 0.3) is 0 Å². The summed E-state index contributed by atoms with van der Waals surface area (Å²) in [6.07, 6.45) is 8.82. The van der Waals surface area contributed by atoms with Crippen LogP contribution in [0.15, 0.2) is 42.6 Å². The van der Waals surface area contributed by atoms with Gasteiger partial charge in [-0.3, -0.25) is 0 Å². The molecule has 0 radical (unpaired) electrons. The largest absolute Gasteiger partial charge is 0.333 e. The molecule has 0 aliphatic heterocycles. The van der Waals surface area contributed by atoms with Crippen LogP contribution in [0.5, 0.6) is 0 Å². The zero-order chi connectivity index (χ0) is 16.9. The number of pyridine rings is 1. The lowest BCUT2D eigenvalue weighted by atomic mass is 10.0. The minimum Gasteiger partial charge on any atom is -0.333 e. The van der Waals surface area contributed by atoms with Gasteiger partial charge in [0, 0.05) is 29.3 Å². The van der Waals surface area contributed by atoms with Crippen LogP contribution >= 0.6 is 23.2 Å². The number of benzene rings is 1. The SMILES string of the molecule is Cn1c(CCCCCCc2cccc(Cl)c2)cc2cc(Cl)cnc21. The van der Waals surface area contributed by atoms with Gasteiger partial charge in [-0.2, -0.15) is 0 Å². The van der Waals surface area contributed by atoms with Gasteiger partial charge in [-0.15, -0.1) is 0 Å². The molecule has 1 aromatic carbocycles. The lowest BCUT2D eigenvalue weighted by molar-refractivity contribution is 0.629. The first-order chi connectivity index (χ1) is 11.6. The van der Waals surface area contributed by atoms with Crippen LogP contribution in [-0.2, 0) is 19.9 Å². The Labute approximate surface area is 153 Å². The van der Waals surface area contributed by atoms with E-state index < -0.39 is 0 Å². The molecule has 0 N–H and O–H groups in total. The summed E-state index contributed by atoms with van der Waals surface area (Å²) in [5.41, 5.74) is 3.67. The molecule has 3 rings (SSSR count). The molecular formula is C20H22Cl2N2. The molecule has 4 heteroatoms. The van der Waals surface area contributed by atoms with Crippen molar-refractivity contribution in [3.63, 3.8) is 0 Å². The summed E-state index contributed by atoms with van der Waals surface area (Å²) in [5.74, 6) is 0. The van der Waals surface area contributed by atoms with E-state index in [0.717, 1.165) is 28.9 Å². The van der Waals surface area contributed by atoms with Crippen LogP contribution in [0, 0.1) is 0 Å². The highest BCUT2D eigenvalue weighted by atomic mass is 35.5. The summed E-state index contributed by atoms with van der Waals surface area (Å²) in [6.45, 7) is 0. The molecule has 0 aliphatic carbocycles. The fourth-order valence-corrected chi connectivity index (χ4v) is 3.55. The molecule has 0 saturated heterocycles. The predicted molar refractivity (Wildman–Crippen MR) is 103 cm³/mol. The number of nitrogens with zero attached hydrogens (tertiary/aromatic N) is 2. The van der Waals surface area contributed by atoms with Crippen LogP contribution in [0.1, 0.15) is 36.9 Å². The maximum absolute atomic E-state index is 6.02. The van der Waals surface area contributed by atoms with E-state index in [4.69, 9.17) is 23.2 Å². The highest BCUT2D eigenvalue weighted by molar-refractivity contribution is 6.31. The second-order valence-electron chi connectivity index (χ2n) is 6.31. The highest BCUT2D eigenvalue weighted by Crippen LogP contribution is 2.22. The Bertz CT molecular complexity index is 824. The Hall–Kier alpha value is -1.51. The first kappa shape index (κ1) is 17.3.